The van der Waals surface area contributed by atoms with Crippen LogP contribution in [0.1, 0.15) is 24.2 Å². The van der Waals surface area contributed by atoms with Gasteiger partial charge in [-0.05, 0) is 30.5 Å². The number of nitrogens with one attached hydrogen (secondary N) is 1. The summed E-state index contributed by atoms with van der Waals surface area (Å²) in [6, 6.07) is 8.24. The molecule has 1 spiro atoms. The van der Waals surface area contributed by atoms with Crippen LogP contribution in [0.2, 0.25) is 0 Å². The second kappa shape index (κ2) is 10.4. The van der Waals surface area contributed by atoms with Crippen LogP contribution < -0.4 is 10.1 Å². The Balaban J connectivity index is 1.18. The first-order valence-electron chi connectivity index (χ1n) is 12.3. The first kappa shape index (κ1) is 23.3. The average Bonchev–Trinajstić information content (AvgIpc) is 3.36. The van der Waals surface area contributed by atoms with Gasteiger partial charge in [0.2, 0.25) is 0 Å². The Morgan fingerprint density at radius 3 is 2.65 bits per heavy atom. The zero-order valence-corrected chi connectivity index (χ0v) is 19.9. The van der Waals surface area contributed by atoms with Crippen LogP contribution in [0.3, 0.4) is 0 Å². The van der Waals surface area contributed by atoms with E-state index in [-0.39, 0.29) is 5.91 Å². The third-order valence-electron chi connectivity index (χ3n) is 7.21. The van der Waals surface area contributed by atoms with Crippen LogP contribution >= 0.6 is 0 Å². The summed E-state index contributed by atoms with van der Waals surface area (Å²) in [6.45, 7) is 8.02. The highest BCUT2D eigenvalue weighted by molar-refractivity contribution is 5.80. The van der Waals surface area contributed by atoms with Crippen LogP contribution in [-0.2, 0) is 33.0 Å². The molecule has 0 radical (unpaired) electrons. The lowest BCUT2D eigenvalue weighted by atomic mass is 9.88. The fraction of sp³-hybridized carbons (Fsp3) is 0.600. The van der Waals surface area contributed by atoms with E-state index in [9.17, 15) is 4.79 Å². The highest BCUT2D eigenvalue weighted by Crippen LogP contribution is 2.40. The molecule has 3 aliphatic rings. The van der Waals surface area contributed by atoms with E-state index in [1.165, 1.54) is 5.56 Å². The van der Waals surface area contributed by atoms with Crippen LogP contribution in [0.5, 0.6) is 5.75 Å². The van der Waals surface area contributed by atoms with Gasteiger partial charge in [-0.25, -0.2) is 4.98 Å². The highest BCUT2D eigenvalue weighted by Gasteiger charge is 2.47. The molecule has 2 fully saturated rings. The van der Waals surface area contributed by atoms with Gasteiger partial charge in [0.15, 0.2) is 6.10 Å². The van der Waals surface area contributed by atoms with Gasteiger partial charge in [0.25, 0.3) is 5.91 Å². The predicted octanol–water partition coefficient (Wildman–Crippen LogP) is 1.23. The summed E-state index contributed by atoms with van der Waals surface area (Å²) in [4.78, 5) is 22.4. The van der Waals surface area contributed by atoms with Crippen molar-refractivity contribution in [1.29, 1.82) is 0 Å². The van der Waals surface area contributed by atoms with E-state index in [0.717, 1.165) is 76.9 Å². The number of aromatic nitrogens is 2. The zero-order valence-electron chi connectivity index (χ0n) is 19.9. The quantitative estimate of drug-likeness (QED) is 0.653. The molecule has 2 saturated heterocycles. The van der Waals surface area contributed by atoms with E-state index < -0.39 is 11.7 Å². The molecule has 4 heterocycles. The van der Waals surface area contributed by atoms with Crippen LogP contribution in [-0.4, -0.2) is 91.0 Å². The van der Waals surface area contributed by atoms with Crippen molar-refractivity contribution in [2.24, 2.45) is 0 Å². The molecule has 0 bridgehead atoms. The Kier molecular flexibility index (Phi) is 7.15. The molecular formula is C25H35N5O4. The van der Waals surface area contributed by atoms with Crippen molar-refractivity contribution in [1.82, 2.24) is 24.7 Å². The van der Waals surface area contributed by atoms with Crippen molar-refractivity contribution in [2.45, 2.75) is 37.6 Å². The number of amides is 1. The smallest absolute Gasteiger partial charge is 0.251 e. The number of methoxy groups -OCH3 is 1. The maximum atomic E-state index is 13.0. The standard InChI is InChI=1S/C25H35N5O4/c1-32-21-4-2-20(3-5-21)18-29-10-6-25(7-11-29)24-27-9-13-30(24)19-22(34-25)23(31)26-8-12-28-14-16-33-17-15-28/h2-5,9,13,22H,6-8,10-12,14-19H2,1H3,(H,26,31). The number of carbonyl (C=O) groups excluding carboxylic acids is 1. The van der Waals surface area contributed by atoms with Gasteiger partial charge >= 0.3 is 0 Å². The number of hydrogen-bond acceptors (Lipinski definition) is 7. The molecule has 9 nitrogen and oxygen atoms in total. The van der Waals surface area contributed by atoms with E-state index in [1.807, 2.05) is 24.5 Å². The van der Waals surface area contributed by atoms with Gasteiger partial charge in [-0.1, -0.05) is 12.1 Å². The lowest BCUT2D eigenvalue weighted by molar-refractivity contribution is -0.173. The summed E-state index contributed by atoms with van der Waals surface area (Å²) in [5.74, 6) is 1.79. The van der Waals surface area contributed by atoms with E-state index in [0.29, 0.717) is 13.1 Å². The van der Waals surface area contributed by atoms with Gasteiger partial charge in [0.1, 0.15) is 17.2 Å². The highest BCUT2D eigenvalue weighted by atomic mass is 16.5. The average molecular weight is 470 g/mol. The zero-order chi connectivity index (χ0) is 23.4. The Hall–Kier alpha value is -2.46. The van der Waals surface area contributed by atoms with E-state index in [2.05, 4.69) is 36.8 Å². The van der Waals surface area contributed by atoms with Crippen molar-refractivity contribution < 1.29 is 19.0 Å². The number of fused-ring (bicyclic) bond motifs is 2. The molecule has 1 aromatic heterocycles. The first-order valence-corrected chi connectivity index (χ1v) is 12.3. The Labute approximate surface area is 201 Å². The fourth-order valence-corrected chi connectivity index (χ4v) is 5.21. The number of piperidine rings is 1. The number of ether oxygens (including phenoxy) is 3. The molecule has 1 aromatic carbocycles. The predicted molar refractivity (Wildman–Crippen MR) is 127 cm³/mol. The number of nitrogens with zero attached hydrogens (tertiary/aromatic N) is 4. The summed E-state index contributed by atoms with van der Waals surface area (Å²) in [7, 11) is 1.69. The minimum atomic E-state index is -0.510. The second-order valence-corrected chi connectivity index (χ2v) is 9.37. The van der Waals surface area contributed by atoms with Gasteiger partial charge in [-0.2, -0.15) is 0 Å². The van der Waals surface area contributed by atoms with Crippen molar-refractivity contribution in [3.05, 3.63) is 48.0 Å². The molecule has 2 aromatic rings. The molecule has 1 N–H and O–H groups in total. The summed E-state index contributed by atoms with van der Waals surface area (Å²) >= 11 is 0. The van der Waals surface area contributed by atoms with E-state index in [4.69, 9.17) is 14.2 Å². The van der Waals surface area contributed by atoms with Crippen LogP contribution in [0.25, 0.3) is 0 Å². The van der Waals surface area contributed by atoms with E-state index >= 15 is 0 Å². The van der Waals surface area contributed by atoms with Crippen LogP contribution in [0.15, 0.2) is 36.7 Å². The van der Waals surface area contributed by atoms with Gasteiger partial charge in [-0.3, -0.25) is 14.6 Å². The molecule has 184 valence electrons. The molecule has 1 unspecified atom stereocenters. The van der Waals surface area contributed by atoms with Crippen molar-refractivity contribution in [3.8, 4) is 5.75 Å². The topological polar surface area (TPSA) is 81.1 Å². The molecule has 0 saturated carbocycles. The SMILES string of the molecule is COc1ccc(CN2CCC3(CC2)OC(C(=O)NCCN2CCOCC2)Cn2ccnc23)cc1. The minimum absolute atomic E-state index is 0.0346. The number of likely N-dealkylation sites (tertiary alicyclic amines) is 1. The van der Waals surface area contributed by atoms with Crippen molar-refractivity contribution >= 4 is 5.91 Å². The number of imidazole rings is 1. The molecule has 3 aliphatic heterocycles. The summed E-state index contributed by atoms with van der Waals surface area (Å²) in [6.07, 6.45) is 4.93. The molecule has 9 heteroatoms. The van der Waals surface area contributed by atoms with Crippen molar-refractivity contribution in [3.63, 3.8) is 0 Å². The Bertz CT molecular complexity index is 948. The fourth-order valence-electron chi connectivity index (χ4n) is 5.21. The first-order chi connectivity index (χ1) is 16.6. The van der Waals surface area contributed by atoms with Gasteiger partial charge in [-0.15, -0.1) is 0 Å². The molecule has 5 rings (SSSR count). The molecular weight excluding hydrogens is 434 g/mol. The Morgan fingerprint density at radius 2 is 1.91 bits per heavy atom. The van der Waals surface area contributed by atoms with E-state index in [1.54, 1.807) is 7.11 Å². The number of carbonyl (C=O) groups is 1. The third kappa shape index (κ3) is 5.12. The molecule has 0 aliphatic carbocycles. The Morgan fingerprint density at radius 1 is 1.15 bits per heavy atom. The number of benzene rings is 1. The largest absolute Gasteiger partial charge is 0.497 e. The number of hydrogen-bond donors (Lipinski definition) is 1. The lowest BCUT2D eigenvalue weighted by Gasteiger charge is -2.45. The van der Waals surface area contributed by atoms with Crippen LogP contribution in [0.4, 0.5) is 0 Å². The number of rotatable bonds is 7. The molecule has 1 amide bonds. The summed E-state index contributed by atoms with van der Waals surface area (Å²) < 4.78 is 19.3. The third-order valence-corrected chi connectivity index (χ3v) is 7.21. The van der Waals surface area contributed by atoms with Gasteiger partial charge in [0.05, 0.1) is 26.9 Å². The normalized spacial score (nSPS) is 22.9. The van der Waals surface area contributed by atoms with Gasteiger partial charge < -0.3 is 24.1 Å². The monoisotopic (exact) mass is 469 g/mol. The maximum Gasteiger partial charge on any atom is 0.251 e. The van der Waals surface area contributed by atoms with Crippen molar-refractivity contribution in [2.75, 3.05) is 59.6 Å². The molecule has 34 heavy (non-hydrogen) atoms. The summed E-state index contributed by atoms with van der Waals surface area (Å²) in [5.41, 5.74) is 0.755. The lowest BCUT2D eigenvalue weighted by Crippen LogP contribution is -2.54. The maximum absolute atomic E-state index is 13.0. The van der Waals surface area contributed by atoms with Gasteiger partial charge in [0, 0.05) is 58.2 Å². The molecule has 1 atom stereocenters. The second-order valence-electron chi connectivity index (χ2n) is 9.37. The summed E-state index contributed by atoms with van der Waals surface area (Å²) in [5, 5.41) is 3.09. The minimum Gasteiger partial charge on any atom is -0.497 e. The number of morpholine rings is 1. The van der Waals surface area contributed by atoms with Crippen LogP contribution in [0, 0.1) is 0 Å².